The highest BCUT2D eigenvalue weighted by molar-refractivity contribution is 7.10. The molecule has 8 heteroatoms. The van der Waals surface area contributed by atoms with Crippen LogP contribution in [0.3, 0.4) is 0 Å². The van der Waals surface area contributed by atoms with E-state index in [1.54, 1.807) is 0 Å². The molecule has 0 aromatic carbocycles. The van der Waals surface area contributed by atoms with Gasteiger partial charge in [-0.25, -0.2) is 4.79 Å². The molecular weight excluding hydrogens is 295 g/mol. The standard InChI is InChI=1S/C12H12F3NO3S/c13-12(14,15)9-4-7(5-20-9)10(17)16-8(11(18)19)3-6-1-2-6/h4-6,8H,1-3H2,(H,16,17)(H,18,19)/t8-/m0/s1. The van der Waals surface area contributed by atoms with Crippen molar-refractivity contribution in [2.45, 2.75) is 31.5 Å². The fourth-order valence-corrected chi connectivity index (χ4v) is 2.51. The van der Waals surface area contributed by atoms with E-state index in [-0.39, 0.29) is 11.5 Å². The van der Waals surface area contributed by atoms with E-state index in [0.717, 1.165) is 24.3 Å². The van der Waals surface area contributed by atoms with Gasteiger partial charge < -0.3 is 10.4 Å². The summed E-state index contributed by atoms with van der Waals surface area (Å²) in [6, 6.07) is -0.319. The van der Waals surface area contributed by atoms with Crippen LogP contribution < -0.4 is 5.32 Å². The third-order valence-electron chi connectivity index (χ3n) is 3.01. The third kappa shape index (κ3) is 3.72. The number of alkyl halides is 3. The molecule has 0 unspecified atom stereocenters. The molecule has 0 radical (unpaired) electrons. The SMILES string of the molecule is O=C(N[C@@H](CC1CC1)C(=O)O)c1csc(C(F)(F)F)c1. The van der Waals surface area contributed by atoms with E-state index in [2.05, 4.69) is 5.32 Å². The zero-order valence-electron chi connectivity index (χ0n) is 10.2. The first kappa shape index (κ1) is 14.8. The number of carboxylic acids is 1. The lowest BCUT2D eigenvalue weighted by molar-refractivity contribution is -0.139. The van der Waals surface area contributed by atoms with E-state index in [1.165, 1.54) is 0 Å². The molecule has 110 valence electrons. The molecule has 0 spiro atoms. The topological polar surface area (TPSA) is 66.4 Å². The number of rotatable bonds is 5. The van der Waals surface area contributed by atoms with E-state index in [1.807, 2.05) is 0 Å². The summed E-state index contributed by atoms with van der Waals surface area (Å²) < 4.78 is 37.3. The molecule has 1 aromatic heterocycles. The molecule has 2 rings (SSSR count). The van der Waals surface area contributed by atoms with Crippen LogP contribution in [-0.4, -0.2) is 23.0 Å². The van der Waals surface area contributed by atoms with Crippen molar-refractivity contribution in [3.05, 3.63) is 21.9 Å². The number of aliphatic carboxylic acids is 1. The molecule has 1 aliphatic rings. The summed E-state index contributed by atoms with van der Waals surface area (Å²) in [5, 5.41) is 12.3. The number of carboxylic acid groups (broad SMARTS) is 1. The summed E-state index contributed by atoms with van der Waals surface area (Å²) in [6.45, 7) is 0. The summed E-state index contributed by atoms with van der Waals surface area (Å²) in [6.07, 6.45) is -2.33. The number of halogens is 3. The number of hydrogen-bond donors (Lipinski definition) is 2. The predicted octanol–water partition coefficient (Wildman–Crippen LogP) is 2.75. The Labute approximate surface area is 116 Å². The van der Waals surface area contributed by atoms with E-state index >= 15 is 0 Å². The number of nitrogens with one attached hydrogen (secondary N) is 1. The van der Waals surface area contributed by atoms with Crippen LogP contribution in [-0.2, 0) is 11.0 Å². The van der Waals surface area contributed by atoms with Gasteiger partial charge >= 0.3 is 12.1 Å². The maximum Gasteiger partial charge on any atom is 0.425 e. The average Bonchev–Trinajstić information content (AvgIpc) is 2.99. The van der Waals surface area contributed by atoms with Crippen LogP contribution in [0.1, 0.15) is 34.5 Å². The van der Waals surface area contributed by atoms with Gasteiger partial charge in [-0.3, -0.25) is 4.79 Å². The van der Waals surface area contributed by atoms with Gasteiger partial charge in [-0.1, -0.05) is 12.8 Å². The smallest absolute Gasteiger partial charge is 0.425 e. The lowest BCUT2D eigenvalue weighted by atomic mass is 10.1. The predicted molar refractivity (Wildman–Crippen MR) is 65.6 cm³/mol. The minimum Gasteiger partial charge on any atom is -0.480 e. The van der Waals surface area contributed by atoms with Crippen molar-refractivity contribution in [3.63, 3.8) is 0 Å². The summed E-state index contributed by atoms with van der Waals surface area (Å²) in [5.41, 5.74) is -0.163. The molecule has 2 N–H and O–H groups in total. The van der Waals surface area contributed by atoms with Crippen LogP contribution in [0.15, 0.2) is 11.4 Å². The Kier molecular flexibility index (Phi) is 4.03. The zero-order chi connectivity index (χ0) is 14.9. The fraction of sp³-hybridized carbons (Fsp3) is 0.500. The monoisotopic (exact) mass is 307 g/mol. The van der Waals surface area contributed by atoms with Gasteiger partial charge in [0.15, 0.2) is 0 Å². The van der Waals surface area contributed by atoms with E-state index in [4.69, 9.17) is 5.11 Å². The number of carbonyl (C=O) groups excluding carboxylic acids is 1. The lowest BCUT2D eigenvalue weighted by Gasteiger charge is -2.13. The van der Waals surface area contributed by atoms with Crippen molar-refractivity contribution in [2.75, 3.05) is 0 Å². The minimum atomic E-state index is -4.50. The Morgan fingerprint density at radius 2 is 2.10 bits per heavy atom. The summed E-state index contributed by atoms with van der Waals surface area (Å²) in [4.78, 5) is 21.9. The van der Waals surface area contributed by atoms with Gasteiger partial charge in [-0.15, -0.1) is 11.3 Å². The number of amides is 1. The molecule has 20 heavy (non-hydrogen) atoms. The lowest BCUT2D eigenvalue weighted by Crippen LogP contribution is -2.41. The van der Waals surface area contributed by atoms with Gasteiger partial charge in [0.1, 0.15) is 10.9 Å². The molecule has 1 saturated carbocycles. The molecule has 1 amide bonds. The van der Waals surface area contributed by atoms with Crippen molar-refractivity contribution in [3.8, 4) is 0 Å². The molecule has 1 heterocycles. The quantitative estimate of drug-likeness (QED) is 0.879. The van der Waals surface area contributed by atoms with Crippen LogP contribution in [0.5, 0.6) is 0 Å². The van der Waals surface area contributed by atoms with E-state index < -0.39 is 29.0 Å². The van der Waals surface area contributed by atoms with Gasteiger partial charge in [0.05, 0.1) is 5.56 Å². The second-order valence-electron chi connectivity index (χ2n) is 4.74. The first-order valence-electron chi connectivity index (χ1n) is 5.96. The maximum absolute atomic E-state index is 12.4. The Balaban J connectivity index is 2.02. The van der Waals surface area contributed by atoms with Gasteiger partial charge in [0, 0.05) is 5.38 Å². The van der Waals surface area contributed by atoms with Crippen LogP contribution in [0.2, 0.25) is 0 Å². The Morgan fingerprint density at radius 3 is 2.55 bits per heavy atom. The number of hydrogen-bond acceptors (Lipinski definition) is 3. The molecule has 0 aliphatic heterocycles. The van der Waals surface area contributed by atoms with Crippen molar-refractivity contribution < 1.29 is 27.9 Å². The molecule has 1 aromatic rings. The summed E-state index contributed by atoms with van der Waals surface area (Å²) in [5.74, 6) is -1.68. The first-order chi connectivity index (χ1) is 9.27. The van der Waals surface area contributed by atoms with Crippen molar-refractivity contribution in [2.24, 2.45) is 5.92 Å². The van der Waals surface area contributed by atoms with Crippen molar-refractivity contribution >= 4 is 23.2 Å². The molecule has 1 aliphatic carbocycles. The maximum atomic E-state index is 12.4. The van der Waals surface area contributed by atoms with Crippen LogP contribution in [0.4, 0.5) is 13.2 Å². The Hall–Kier alpha value is -1.57. The van der Waals surface area contributed by atoms with E-state index in [9.17, 15) is 22.8 Å². The normalized spacial score (nSPS) is 16.8. The van der Waals surface area contributed by atoms with Gasteiger partial charge in [-0.05, 0) is 18.4 Å². The summed E-state index contributed by atoms with van der Waals surface area (Å²) in [7, 11) is 0. The van der Waals surface area contributed by atoms with Crippen LogP contribution in [0.25, 0.3) is 0 Å². The highest BCUT2D eigenvalue weighted by atomic mass is 32.1. The number of carbonyl (C=O) groups is 2. The average molecular weight is 307 g/mol. The minimum absolute atomic E-state index is 0.163. The largest absolute Gasteiger partial charge is 0.480 e. The van der Waals surface area contributed by atoms with Crippen molar-refractivity contribution in [1.29, 1.82) is 0 Å². The van der Waals surface area contributed by atoms with Crippen LogP contribution in [0, 0.1) is 5.92 Å². The zero-order valence-corrected chi connectivity index (χ0v) is 11.1. The second-order valence-corrected chi connectivity index (χ2v) is 5.65. The summed E-state index contributed by atoms with van der Waals surface area (Å²) >= 11 is 0.413. The van der Waals surface area contributed by atoms with Crippen molar-refractivity contribution in [1.82, 2.24) is 5.32 Å². The highest BCUT2D eigenvalue weighted by Gasteiger charge is 2.34. The van der Waals surface area contributed by atoms with Gasteiger partial charge in [0.2, 0.25) is 0 Å². The second kappa shape index (κ2) is 5.43. The molecular formula is C12H12F3NO3S. The Bertz CT molecular complexity index is 522. The van der Waals surface area contributed by atoms with Gasteiger partial charge in [0.25, 0.3) is 5.91 Å². The Morgan fingerprint density at radius 1 is 1.45 bits per heavy atom. The fourth-order valence-electron chi connectivity index (χ4n) is 1.75. The molecule has 0 saturated heterocycles. The molecule has 4 nitrogen and oxygen atoms in total. The highest BCUT2D eigenvalue weighted by Crippen LogP contribution is 2.35. The molecule has 1 atom stereocenters. The molecule has 1 fully saturated rings. The van der Waals surface area contributed by atoms with Gasteiger partial charge in [-0.2, -0.15) is 13.2 Å². The molecule has 0 bridgehead atoms. The van der Waals surface area contributed by atoms with Crippen LogP contribution >= 0.6 is 11.3 Å². The third-order valence-corrected chi connectivity index (χ3v) is 3.99. The first-order valence-corrected chi connectivity index (χ1v) is 6.84. The van der Waals surface area contributed by atoms with E-state index in [0.29, 0.717) is 17.8 Å². The number of thiophene rings is 1.